The smallest absolute Gasteiger partial charge is 0.248 e. The molecule has 0 radical (unpaired) electrons. The topological polar surface area (TPSA) is 84.6 Å². The van der Waals surface area contributed by atoms with Gasteiger partial charge in [0, 0.05) is 20.2 Å². The van der Waals surface area contributed by atoms with E-state index < -0.39 is 0 Å². The summed E-state index contributed by atoms with van der Waals surface area (Å²) in [4.78, 5) is 8.56. The molecular weight excluding hydrogens is 397 g/mol. The molecular formula is C14H28IN5O2. The molecule has 22 heavy (non-hydrogen) atoms. The normalized spacial score (nSPS) is 13.5. The lowest BCUT2D eigenvalue weighted by Crippen LogP contribution is -2.45. The Balaban J connectivity index is 0.00000441. The molecule has 0 amide bonds. The minimum atomic E-state index is 0. The molecule has 1 aromatic heterocycles. The van der Waals surface area contributed by atoms with E-state index in [1.165, 1.54) is 0 Å². The summed E-state index contributed by atoms with van der Waals surface area (Å²) in [5, 5.41) is 10.2. The summed E-state index contributed by atoms with van der Waals surface area (Å²) >= 11 is 0. The van der Waals surface area contributed by atoms with Crippen molar-refractivity contribution in [2.75, 3.05) is 20.2 Å². The Bertz CT molecular complexity index is 456. The van der Waals surface area contributed by atoms with Gasteiger partial charge in [-0.05, 0) is 19.3 Å². The number of rotatable bonds is 6. The maximum Gasteiger partial charge on any atom is 0.248 e. The Morgan fingerprint density at radius 1 is 1.36 bits per heavy atom. The van der Waals surface area contributed by atoms with Gasteiger partial charge in [0.05, 0.1) is 6.10 Å². The van der Waals surface area contributed by atoms with E-state index in [1.807, 2.05) is 6.92 Å². The van der Waals surface area contributed by atoms with Gasteiger partial charge in [-0.2, -0.15) is 4.98 Å². The third kappa shape index (κ3) is 7.39. The molecule has 0 saturated heterocycles. The van der Waals surface area contributed by atoms with Crippen molar-refractivity contribution >= 4 is 29.9 Å². The zero-order chi connectivity index (χ0) is 15.9. The first-order valence-corrected chi connectivity index (χ1v) is 7.21. The van der Waals surface area contributed by atoms with Crippen LogP contribution in [0, 0.1) is 12.3 Å². The lowest BCUT2D eigenvalue weighted by molar-refractivity contribution is 0.0205. The number of nitrogens with one attached hydrogen (secondary N) is 2. The van der Waals surface area contributed by atoms with Crippen LogP contribution in [0.2, 0.25) is 0 Å². The summed E-state index contributed by atoms with van der Waals surface area (Å²) < 4.78 is 10.6. The van der Waals surface area contributed by atoms with E-state index in [-0.39, 0.29) is 35.5 Å². The van der Waals surface area contributed by atoms with Gasteiger partial charge in [0.1, 0.15) is 6.54 Å². The number of guanidine groups is 1. The Morgan fingerprint density at radius 2 is 2.05 bits per heavy atom. The van der Waals surface area contributed by atoms with Crippen molar-refractivity contribution in [1.82, 2.24) is 20.8 Å². The van der Waals surface area contributed by atoms with Crippen LogP contribution in [-0.4, -0.2) is 42.4 Å². The average molecular weight is 425 g/mol. The predicted octanol–water partition coefficient (Wildman–Crippen LogP) is 2.11. The summed E-state index contributed by atoms with van der Waals surface area (Å²) in [7, 11) is 1.73. The van der Waals surface area contributed by atoms with E-state index in [1.54, 1.807) is 14.0 Å². The Hall–Kier alpha value is -0.900. The third-order valence-electron chi connectivity index (χ3n) is 2.99. The van der Waals surface area contributed by atoms with E-state index in [4.69, 9.17) is 9.26 Å². The highest BCUT2D eigenvalue weighted by Crippen LogP contribution is 2.20. The number of methoxy groups -OCH3 is 1. The molecule has 0 fully saturated rings. The van der Waals surface area contributed by atoms with Gasteiger partial charge < -0.3 is 19.9 Å². The van der Waals surface area contributed by atoms with Crippen LogP contribution >= 0.6 is 24.0 Å². The number of nitrogens with zero attached hydrogens (tertiary/aromatic N) is 3. The van der Waals surface area contributed by atoms with Gasteiger partial charge in [0.25, 0.3) is 0 Å². The van der Waals surface area contributed by atoms with Crippen molar-refractivity contribution in [2.24, 2.45) is 10.4 Å². The van der Waals surface area contributed by atoms with Gasteiger partial charge in [0.2, 0.25) is 5.89 Å². The molecule has 0 spiro atoms. The fourth-order valence-electron chi connectivity index (χ4n) is 1.83. The zero-order valence-electron chi connectivity index (χ0n) is 14.3. The molecule has 1 atom stereocenters. The molecule has 0 bridgehead atoms. The Labute approximate surface area is 149 Å². The molecule has 0 saturated carbocycles. The third-order valence-corrected chi connectivity index (χ3v) is 2.99. The van der Waals surface area contributed by atoms with Gasteiger partial charge in [-0.25, -0.2) is 4.99 Å². The van der Waals surface area contributed by atoms with Crippen LogP contribution in [-0.2, 0) is 11.3 Å². The second-order valence-electron chi connectivity index (χ2n) is 5.90. The summed E-state index contributed by atoms with van der Waals surface area (Å²) in [6, 6.07) is 0. The molecule has 1 aromatic rings. The number of ether oxygens (including phenoxy) is 1. The van der Waals surface area contributed by atoms with Crippen molar-refractivity contribution in [2.45, 2.75) is 47.3 Å². The number of aliphatic imine (C=N–C) groups is 1. The van der Waals surface area contributed by atoms with E-state index in [2.05, 4.69) is 46.5 Å². The second kappa shape index (κ2) is 9.98. The van der Waals surface area contributed by atoms with Gasteiger partial charge in [-0.15, -0.1) is 24.0 Å². The summed E-state index contributed by atoms with van der Waals surface area (Å²) in [5.74, 6) is 1.83. The molecule has 8 heteroatoms. The van der Waals surface area contributed by atoms with E-state index in [0.29, 0.717) is 30.8 Å². The lowest BCUT2D eigenvalue weighted by atomic mass is 9.89. The number of hydrogen-bond acceptors (Lipinski definition) is 5. The molecule has 2 N–H and O–H groups in total. The number of aryl methyl sites for hydroxylation is 1. The van der Waals surface area contributed by atoms with Crippen molar-refractivity contribution in [1.29, 1.82) is 0 Å². The quantitative estimate of drug-likeness (QED) is 0.413. The Kier molecular flexibility index (Phi) is 9.58. The van der Waals surface area contributed by atoms with Crippen LogP contribution < -0.4 is 10.6 Å². The first kappa shape index (κ1) is 21.1. The minimum absolute atomic E-state index is 0. The SMILES string of the molecule is CCNC(=NCc1nc(C)no1)NCC(OC)C(C)(C)C.I. The highest BCUT2D eigenvalue weighted by molar-refractivity contribution is 14.0. The molecule has 0 aliphatic carbocycles. The molecule has 1 unspecified atom stereocenters. The fourth-order valence-corrected chi connectivity index (χ4v) is 1.83. The highest BCUT2D eigenvalue weighted by Gasteiger charge is 2.24. The monoisotopic (exact) mass is 425 g/mol. The fraction of sp³-hybridized carbons (Fsp3) is 0.786. The first-order valence-electron chi connectivity index (χ1n) is 7.21. The molecule has 1 rings (SSSR count). The maximum atomic E-state index is 5.52. The Morgan fingerprint density at radius 3 is 2.50 bits per heavy atom. The van der Waals surface area contributed by atoms with Crippen LogP contribution in [0.5, 0.6) is 0 Å². The van der Waals surface area contributed by atoms with Crippen LogP contribution in [0.25, 0.3) is 0 Å². The van der Waals surface area contributed by atoms with Crippen LogP contribution in [0.4, 0.5) is 0 Å². The summed E-state index contributed by atoms with van der Waals surface area (Å²) in [6.45, 7) is 12.1. The number of halogens is 1. The average Bonchev–Trinajstić information content (AvgIpc) is 2.80. The lowest BCUT2D eigenvalue weighted by Gasteiger charge is -2.30. The van der Waals surface area contributed by atoms with Crippen molar-refractivity contribution in [3.05, 3.63) is 11.7 Å². The van der Waals surface area contributed by atoms with Crippen molar-refractivity contribution in [3.63, 3.8) is 0 Å². The molecule has 1 heterocycles. The first-order chi connectivity index (χ1) is 9.86. The number of hydrogen-bond donors (Lipinski definition) is 2. The molecule has 128 valence electrons. The largest absolute Gasteiger partial charge is 0.379 e. The van der Waals surface area contributed by atoms with Crippen LogP contribution in [0.3, 0.4) is 0 Å². The number of aromatic nitrogens is 2. The summed E-state index contributed by atoms with van der Waals surface area (Å²) in [5.41, 5.74) is 0.0582. The van der Waals surface area contributed by atoms with Crippen LogP contribution in [0.1, 0.15) is 39.4 Å². The predicted molar refractivity (Wildman–Crippen MR) is 97.5 cm³/mol. The standard InChI is InChI=1S/C14H27N5O2.HI/c1-7-15-13(16-8-11(20-6)14(3,4)5)17-9-12-18-10(2)19-21-12;/h11H,7-9H2,1-6H3,(H2,15,16,17);1H. The molecule has 0 aromatic carbocycles. The highest BCUT2D eigenvalue weighted by atomic mass is 127. The van der Waals surface area contributed by atoms with E-state index >= 15 is 0 Å². The van der Waals surface area contributed by atoms with Crippen molar-refractivity contribution < 1.29 is 9.26 Å². The molecule has 0 aliphatic rings. The minimum Gasteiger partial charge on any atom is -0.379 e. The van der Waals surface area contributed by atoms with Gasteiger partial charge in [-0.1, -0.05) is 25.9 Å². The molecule has 7 nitrogen and oxygen atoms in total. The zero-order valence-corrected chi connectivity index (χ0v) is 16.6. The summed E-state index contributed by atoms with van der Waals surface area (Å²) in [6.07, 6.45) is 0.0898. The van der Waals surface area contributed by atoms with E-state index in [9.17, 15) is 0 Å². The maximum absolute atomic E-state index is 5.52. The van der Waals surface area contributed by atoms with Crippen molar-refractivity contribution in [3.8, 4) is 0 Å². The molecule has 0 aliphatic heterocycles. The van der Waals surface area contributed by atoms with Gasteiger partial charge in [-0.3, -0.25) is 0 Å². The van der Waals surface area contributed by atoms with Crippen LogP contribution in [0.15, 0.2) is 9.52 Å². The second-order valence-corrected chi connectivity index (χ2v) is 5.90. The van der Waals surface area contributed by atoms with E-state index in [0.717, 1.165) is 6.54 Å². The van der Waals surface area contributed by atoms with Gasteiger partial charge in [0.15, 0.2) is 11.8 Å². The van der Waals surface area contributed by atoms with Gasteiger partial charge >= 0.3 is 0 Å².